The number of aryl methyl sites for hydroxylation is 1. The Bertz CT molecular complexity index is 994. The smallest absolute Gasteiger partial charge is 0.280 e. The van der Waals surface area contributed by atoms with Gasteiger partial charge in [0.25, 0.3) is 11.8 Å². The Balaban J connectivity index is 1.70. The number of nitrogens with zero attached hydrogens (tertiary/aromatic N) is 4. The maximum atomic E-state index is 12.1. The van der Waals surface area contributed by atoms with Crippen LogP contribution in [0.2, 0.25) is 0 Å². The molecule has 2 aromatic rings. The van der Waals surface area contributed by atoms with Crippen LogP contribution in [0.1, 0.15) is 28.9 Å². The lowest BCUT2D eigenvalue weighted by molar-refractivity contribution is -0.134. The van der Waals surface area contributed by atoms with E-state index in [0.717, 1.165) is 24.8 Å². The average molecular weight is 489 g/mol. The van der Waals surface area contributed by atoms with Crippen LogP contribution in [0, 0.1) is 0 Å². The second-order valence-electron chi connectivity index (χ2n) is 7.47. The molecule has 1 aromatic carbocycles. The fraction of sp³-hybridized carbons (Fsp3) is 0.409. The Morgan fingerprint density at radius 3 is 2.40 bits per heavy atom. The molecule has 13 nitrogen and oxygen atoms in total. The standard InChI is InChI=1S/C22H32N8O5/c23-17-13-27-19(20(24)28-17)21(34)29-22(25)26-8-2-1-3-15-4-6-16(7-5-15)35-14-18(33)30(9-11-31)10-12-32/h4-7,13,31-32H,1-3,8-12,14H2,(H4,23,24,28)(H3,25,26,29,34). The van der Waals surface area contributed by atoms with Gasteiger partial charge in [0.05, 0.1) is 19.4 Å². The second kappa shape index (κ2) is 14.3. The minimum absolute atomic E-state index is 0.0411. The van der Waals surface area contributed by atoms with Crippen LogP contribution in [0.3, 0.4) is 0 Å². The number of aromatic nitrogens is 2. The number of ether oxygens (including phenoxy) is 1. The van der Waals surface area contributed by atoms with E-state index in [0.29, 0.717) is 12.3 Å². The molecular formula is C22H32N8O5. The first-order chi connectivity index (χ1) is 16.8. The van der Waals surface area contributed by atoms with Crippen molar-refractivity contribution in [2.75, 3.05) is 50.9 Å². The highest BCUT2D eigenvalue weighted by Crippen LogP contribution is 2.14. The minimum atomic E-state index is -0.616. The van der Waals surface area contributed by atoms with Crippen LogP contribution in [0.25, 0.3) is 0 Å². The van der Waals surface area contributed by atoms with Crippen molar-refractivity contribution in [2.45, 2.75) is 19.3 Å². The van der Waals surface area contributed by atoms with Crippen molar-refractivity contribution in [3.8, 4) is 5.75 Å². The molecule has 0 aliphatic carbocycles. The third-order valence-corrected chi connectivity index (χ3v) is 4.81. The summed E-state index contributed by atoms with van der Waals surface area (Å²) in [5.74, 6) is -0.399. The van der Waals surface area contributed by atoms with E-state index < -0.39 is 5.91 Å². The van der Waals surface area contributed by atoms with Crippen LogP contribution in [0.15, 0.2) is 35.5 Å². The number of carbonyl (C=O) groups excluding carboxylic acids is 2. The molecule has 2 rings (SSSR count). The van der Waals surface area contributed by atoms with E-state index in [9.17, 15) is 9.59 Å². The van der Waals surface area contributed by atoms with Gasteiger partial charge in [0.1, 0.15) is 11.6 Å². The van der Waals surface area contributed by atoms with Gasteiger partial charge in [-0.15, -0.1) is 0 Å². The van der Waals surface area contributed by atoms with Crippen molar-refractivity contribution in [2.24, 2.45) is 10.7 Å². The van der Waals surface area contributed by atoms with Gasteiger partial charge in [-0.25, -0.2) is 9.97 Å². The Morgan fingerprint density at radius 1 is 1.09 bits per heavy atom. The summed E-state index contributed by atoms with van der Waals surface area (Å²) in [5.41, 5.74) is 17.8. The SMILES string of the molecule is NC(=NCCCCc1ccc(OCC(=O)N(CCO)CCO)cc1)NC(=O)c1ncc(N)nc1N. The molecule has 9 N–H and O–H groups in total. The molecule has 2 amide bonds. The molecule has 0 radical (unpaired) electrons. The number of benzene rings is 1. The third kappa shape index (κ3) is 9.43. The van der Waals surface area contributed by atoms with Gasteiger partial charge in [-0.3, -0.25) is 19.9 Å². The topological polar surface area (TPSA) is 215 Å². The number of amides is 2. The monoisotopic (exact) mass is 488 g/mol. The molecule has 190 valence electrons. The number of nitrogens with two attached hydrogens (primary N) is 3. The van der Waals surface area contributed by atoms with E-state index >= 15 is 0 Å². The third-order valence-electron chi connectivity index (χ3n) is 4.81. The second-order valence-corrected chi connectivity index (χ2v) is 7.47. The Kier molecular flexibility index (Phi) is 11.2. The number of unbranched alkanes of at least 4 members (excludes halogenated alkanes) is 1. The predicted molar refractivity (Wildman–Crippen MR) is 130 cm³/mol. The number of hydrogen-bond donors (Lipinski definition) is 6. The first kappa shape index (κ1) is 27.3. The van der Waals surface area contributed by atoms with Crippen molar-refractivity contribution >= 4 is 29.4 Å². The maximum Gasteiger partial charge on any atom is 0.280 e. The molecule has 0 spiro atoms. The average Bonchev–Trinajstić information content (AvgIpc) is 2.82. The minimum Gasteiger partial charge on any atom is -0.484 e. The number of nitrogens with one attached hydrogen (secondary N) is 1. The van der Waals surface area contributed by atoms with E-state index in [-0.39, 0.29) is 62.1 Å². The molecule has 0 atom stereocenters. The molecular weight excluding hydrogens is 456 g/mol. The summed E-state index contributed by atoms with van der Waals surface area (Å²) >= 11 is 0. The number of nitrogen functional groups attached to an aromatic ring is 2. The van der Waals surface area contributed by atoms with Crippen molar-refractivity contribution in [3.05, 3.63) is 41.7 Å². The van der Waals surface area contributed by atoms with Crippen molar-refractivity contribution in [1.29, 1.82) is 0 Å². The lowest BCUT2D eigenvalue weighted by Gasteiger charge is -2.20. The summed E-state index contributed by atoms with van der Waals surface area (Å²) in [6.45, 7) is 0.191. The van der Waals surface area contributed by atoms with Gasteiger partial charge in [0, 0.05) is 19.6 Å². The maximum absolute atomic E-state index is 12.1. The van der Waals surface area contributed by atoms with Gasteiger partial charge in [-0.05, 0) is 37.0 Å². The van der Waals surface area contributed by atoms with Crippen LogP contribution in [-0.4, -0.2) is 82.3 Å². The summed E-state index contributed by atoms with van der Waals surface area (Å²) in [7, 11) is 0. The zero-order chi connectivity index (χ0) is 25.6. The lowest BCUT2D eigenvalue weighted by Crippen LogP contribution is -2.38. The molecule has 0 aliphatic rings. The molecule has 0 unspecified atom stereocenters. The summed E-state index contributed by atoms with van der Waals surface area (Å²) in [4.78, 5) is 37.3. The Morgan fingerprint density at radius 2 is 1.77 bits per heavy atom. The van der Waals surface area contributed by atoms with Gasteiger partial charge in [0.2, 0.25) is 0 Å². The van der Waals surface area contributed by atoms with Crippen molar-refractivity contribution < 1.29 is 24.5 Å². The van der Waals surface area contributed by atoms with E-state index in [4.69, 9.17) is 32.2 Å². The highest BCUT2D eigenvalue weighted by Gasteiger charge is 2.14. The molecule has 0 saturated heterocycles. The first-order valence-electron chi connectivity index (χ1n) is 11.0. The lowest BCUT2D eigenvalue weighted by atomic mass is 10.1. The van der Waals surface area contributed by atoms with E-state index in [1.54, 1.807) is 12.1 Å². The summed E-state index contributed by atoms with van der Waals surface area (Å²) in [6.07, 6.45) is 3.62. The van der Waals surface area contributed by atoms with Gasteiger partial charge >= 0.3 is 0 Å². The molecule has 0 fully saturated rings. The largest absolute Gasteiger partial charge is 0.484 e. The van der Waals surface area contributed by atoms with Crippen LogP contribution < -0.4 is 27.3 Å². The van der Waals surface area contributed by atoms with Crippen LogP contribution >= 0.6 is 0 Å². The summed E-state index contributed by atoms with van der Waals surface area (Å²) < 4.78 is 5.50. The number of aliphatic imine (C=N–C) groups is 1. The zero-order valence-electron chi connectivity index (χ0n) is 19.4. The van der Waals surface area contributed by atoms with Crippen molar-refractivity contribution in [3.63, 3.8) is 0 Å². The molecule has 1 aromatic heterocycles. The fourth-order valence-corrected chi connectivity index (χ4v) is 3.04. The van der Waals surface area contributed by atoms with Gasteiger partial charge in [0.15, 0.2) is 24.1 Å². The van der Waals surface area contributed by atoms with Crippen LogP contribution in [0.5, 0.6) is 5.75 Å². The van der Waals surface area contributed by atoms with E-state index in [1.165, 1.54) is 11.1 Å². The highest BCUT2D eigenvalue weighted by atomic mass is 16.5. The fourth-order valence-electron chi connectivity index (χ4n) is 3.04. The summed E-state index contributed by atoms with van der Waals surface area (Å²) in [6, 6.07) is 7.38. The van der Waals surface area contributed by atoms with Gasteiger partial charge in [-0.2, -0.15) is 0 Å². The molecule has 35 heavy (non-hydrogen) atoms. The predicted octanol–water partition coefficient (Wildman–Crippen LogP) is -1.10. The molecule has 0 aliphatic heterocycles. The van der Waals surface area contributed by atoms with E-state index in [2.05, 4.69) is 20.3 Å². The van der Waals surface area contributed by atoms with Crippen LogP contribution in [0.4, 0.5) is 11.6 Å². The molecule has 1 heterocycles. The Hall–Kier alpha value is -3.97. The normalized spacial score (nSPS) is 11.2. The van der Waals surface area contributed by atoms with Crippen LogP contribution in [-0.2, 0) is 11.2 Å². The number of hydrogen-bond acceptors (Lipinski definition) is 10. The van der Waals surface area contributed by atoms with Crippen molar-refractivity contribution in [1.82, 2.24) is 20.2 Å². The highest BCUT2D eigenvalue weighted by molar-refractivity contribution is 6.06. The Labute approximate surface area is 203 Å². The quantitative estimate of drug-likeness (QED) is 0.114. The zero-order valence-corrected chi connectivity index (χ0v) is 19.4. The molecule has 0 saturated carbocycles. The number of guanidine groups is 1. The number of aliphatic hydroxyl groups is 2. The van der Waals surface area contributed by atoms with E-state index in [1.807, 2.05) is 12.1 Å². The number of aliphatic hydroxyl groups excluding tert-OH is 2. The first-order valence-corrected chi connectivity index (χ1v) is 11.0. The molecule has 13 heteroatoms. The van der Waals surface area contributed by atoms with Gasteiger partial charge in [-0.1, -0.05) is 12.1 Å². The summed E-state index contributed by atoms with van der Waals surface area (Å²) in [5, 5.41) is 20.4. The number of carbonyl (C=O) groups is 2. The van der Waals surface area contributed by atoms with Gasteiger partial charge < -0.3 is 37.1 Å². The molecule has 0 bridgehead atoms. The number of anilines is 2. The number of rotatable bonds is 13.